The summed E-state index contributed by atoms with van der Waals surface area (Å²) < 4.78 is 0. The Morgan fingerprint density at radius 1 is 1.06 bits per heavy atom. The van der Waals surface area contributed by atoms with Crippen LogP contribution in [0.5, 0.6) is 0 Å². The van der Waals surface area contributed by atoms with E-state index in [0.717, 1.165) is 5.41 Å². The molecule has 88 valence electrons. The van der Waals surface area contributed by atoms with E-state index in [1.54, 1.807) is 5.57 Å². The summed E-state index contributed by atoms with van der Waals surface area (Å²) in [6.45, 7) is 4.00. The summed E-state index contributed by atoms with van der Waals surface area (Å²) >= 11 is 0. The highest BCUT2D eigenvalue weighted by atomic mass is 15.1. The average Bonchev–Trinajstić information content (AvgIpc) is 3.10. The van der Waals surface area contributed by atoms with Crippen LogP contribution in [0.1, 0.15) is 44.9 Å². The molecule has 0 bridgehead atoms. The molecule has 2 aliphatic carbocycles. The summed E-state index contributed by atoms with van der Waals surface area (Å²) in [6, 6.07) is 0. The molecule has 0 aromatic carbocycles. The number of likely N-dealkylation sites (tertiary alicyclic amines) is 1. The lowest BCUT2D eigenvalue weighted by Crippen LogP contribution is -2.35. The van der Waals surface area contributed by atoms with Crippen molar-refractivity contribution in [3.05, 3.63) is 23.8 Å². The van der Waals surface area contributed by atoms with Crippen LogP contribution >= 0.6 is 0 Å². The number of hydrogen-bond acceptors (Lipinski definition) is 1. The molecule has 0 N–H and O–H groups in total. The van der Waals surface area contributed by atoms with Gasteiger partial charge in [-0.15, -0.1) is 0 Å². The number of nitrogens with zero attached hydrogens (tertiary/aromatic N) is 1. The molecule has 2 fully saturated rings. The minimum absolute atomic E-state index is 0.834. The molecule has 0 aromatic rings. The molecule has 3 rings (SSSR count). The van der Waals surface area contributed by atoms with Gasteiger partial charge in [-0.25, -0.2) is 0 Å². The molecule has 0 radical (unpaired) electrons. The van der Waals surface area contributed by atoms with Crippen LogP contribution in [0, 0.1) is 5.41 Å². The van der Waals surface area contributed by atoms with Crippen molar-refractivity contribution in [2.75, 3.05) is 19.6 Å². The molecule has 1 saturated heterocycles. The highest BCUT2D eigenvalue weighted by molar-refractivity contribution is 5.22. The van der Waals surface area contributed by atoms with Crippen molar-refractivity contribution in [1.82, 2.24) is 4.90 Å². The molecule has 1 spiro atoms. The van der Waals surface area contributed by atoms with Crippen molar-refractivity contribution in [2.45, 2.75) is 44.9 Å². The maximum absolute atomic E-state index is 2.67. The second-order valence-electron chi connectivity index (χ2n) is 5.85. The predicted octanol–water partition coefficient (Wildman–Crippen LogP) is 3.53. The smallest absolute Gasteiger partial charge is 0.00217 e. The molecule has 0 atom stereocenters. The van der Waals surface area contributed by atoms with Gasteiger partial charge in [-0.3, -0.25) is 0 Å². The van der Waals surface area contributed by atoms with E-state index in [2.05, 4.69) is 23.1 Å². The van der Waals surface area contributed by atoms with Crippen LogP contribution in [-0.2, 0) is 0 Å². The first-order valence-electron chi connectivity index (χ1n) is 6.94. The Bertz CT molecular complexity index is 299. The maximum atomic E-state index is 2.67. The molecule has 1 saturated carbocycles. The largest absolute Gasteiger partial charge is 0.303 e. The first-order chi connectivity index (χ1) is 7.86. The Balaban J connectivity index is 1.42. The van der Waals surface area contributed by atoms with Crippen LogP contribution < -0.4 is 0 Å². The molecule has 1 heterocycles. The lowest BCUT2D eigenvalue weighted by atomic mass is 9.93. The third-order valence-corrected chi connectivity index (χ3v) is 4.66. The lowest BCUT2D eigenvalue weighted by Gasteiger charge is -2.32. The standard InChI is InChI=1S/C15H23N/c1-2-4-14(5-3-1)6-11-16-12-9-15(7-8-15)10-13-16/h2,4-5H,1,3,6-13H2. The van der Waals surface area contributed by atoms with E-state index in [1.807, 2.05) is 0 Å². The van der Waals surface area contributed by atoms with Gasteiger partial charge < -0.3 is 4.90 Å². The SMILES string of the molecule is C1=CC(CCN2CCC3(CC2)CC3)=CCC1. The Kier molecular flexibility index (Phi) is 2.89. The van der Waals surface area contributed by atoms with E-state index >= 15 is 0 Å². The fourth-order valence-corrected chi connectivity index (χ4v) is 3.07. The minimum atomic E-state index is 0.834. The highest BCUT2D eigenvalue weighted by Gasteiger charge is 2.44. The van der Waals surface area contributed by atoms with Crippen LogP contribution in [0.15, 0.2) is 23.8 Å². The highest BCUT2D eigenvalue weighted by Crippen LogP contribution is 2.53. The Hall–Kier alpha value is -0.560. The van der Waals surface area contributed by atoms with E-state index in [4.69, 9.17) is 0 Å². The Morgan fingerprint density at radius 2 is 1.88 bits per heavy atom. The van der Waals surface area contributed by atoms with Crippen molar-refractivity contribution in [1.29, 1.82) is 0 Å². The zero-order valence-electron chi connectivity index (χ0n) is 10.3. The van der Waals surface area contributed by atoms with E-state index in [9.17, 15) is 0 Å². The van der Waals surface area contributed by atoms with Gasteiger partial charge in [-0.1, -0.05) is 23.8 Å². The summed E-state index contributed by atoms with van der Waals surface area (Å²) in [5.74, 6) is 0. The summed E-state index contributed by atoms with van der Waals surface area (Å²) in [4.78, 5) is 2.67. The third kappa shape index (κ3) is 2.40. The van der Waals surface area contributed by atoms with Gasteiger partial charge in [0.15, 0.2) is 0 Å². The molecule has 0 unspecified atom stereocenters. The molecular formula is C15H23N. The van der Waals surface area contributed by atoms with Gasteiger partial charge in [-0.2, -0.15) is 0 Å². The van der Waals surface area contributed by atoms with Gasteiger partial charge in [0, 0.05) is 6.54 Å². The molecule has 0 aromatic heterocycles. The van der Waals surface area contributed by atoms with Crippen LogP contribution in [0.2, 0.25) is 0 Å². The monoisotopic (exact) mass is 217 g/mol. The summed E-state index contributed by atoms with van der Waals surface area (Å²) in [5.41, 5.74) is 2.40. The lowest BCUT2D eigenvalue weighted by molar-refractivity contribution is 0.175. The van der Waals surface area contributed by atoms with Gasteiger partial charge >= 0.3 is 0 Å². The van der Waals surface area contributed by atoms with Crippen LogP contribution in [-0.4, -0.2) is 24.5 Å². The van der Waals surface area contributed by atoms with E-state index in [1.165, 1.54) is 64.6 Å². The fraction of sp³-hybridized carbons (Fsp3) is 0.733. The van der Waals surface area contributed by atoms with Crippen molar-refractivity contribution in [3.63, 3.8) is 0 Å². The predicted molar refractivity (Wildman–Crippen MR) is 68.4 cm³/mol. The third-order valence-electron chi connectivity index (χ3n) is 4.66. The van der Waals surface area contributed by atoms with Crippen molar-refractivity contribution in [3.8, 4) is 0 Å². The quantitative estimate of drug-likeness (QED) is 0.699. The number of rotatable bonds is 3. The van der Waals surface area contributed by atoms with E-state index < -0.39 is 0 Å². The zero-order valence-corrected chi connectivity index (χ0v) is 10.3. The Labute approximate surface area is 99.2 Å². The molecule has 3 aliphatic rings. The summed E-state index contributed by atoms with van der Waals surface area (Å²) in [5, 5.41) is 0. The molecule has 1 aliphatic heterocycles. The second kappa shape index (κ2) is 4.37. The van der Waals surface area contributed by atoms with Crippen LogP contribution in [0.25, 0.3) is 0 Å². The summed E-state index contributed by atoms with van der Waals surface area (Å²) in [7, 11) is 0. The topological polar surface area (TPSA) is 3.24 Å². The van der Waals surface area contributed by atoms with E-state index in [-0.39, 0.29) is 0 Å². The van der Waals surface area contributed by atoms with E-state index in [0.29, 0.717) is 0 Å². The molecule has 16 heavy (non-hydrogen) atoms. The molecule has 1 heteroatoms. The zero-order chi connectivity index (χ0) is 10.8. The first kappa shape index (κ1) is 10.6. The van der Waals surface area contributed by atoms with Crippen molar-refractivity contribution >= 4 is 0 Å². The van der Waals surface area contributed by atoms with Crippen LogP contribution in [0.3, 0.4) is 0 Å². The normalized spacial score (nSPS) is 28.1. The second-order valence-corrected chi connectivity index (χ2v) is 5.85. The van der Waals surface area contributed by atoms with Gasteiger partial charge in [0.1, 0.15) is 0 Å². The first-order valence-corrected chi connectivity index (χ1v) is 6.94. The number of piperidine rings is 1. The van der Waals surface area contributed by atoms with Gasteiger partial charge in [0.2, 0.25) is 0 Å². The summed E-state index contributed by atoms with van der Waals surface area (Å²) in [6.07, 6.45) is 16.8. The minimum Gasteiger partial charge on any atom is -0.303 e. The fourth-order valence-electron chi connectivity index (χ4n) is 3.07. The molecule has 1 nitrogen and oxygen atoms in total. The maximum Gasteiger partial charge on any atom is 0.00217 e. The molecular weight excluding hydrogens is 194 g/mol. The average molecular weight is 217 g/mol. The number of allylic oxidation sites excluding steroid dienone is 3. The van der Waals surface area contributed by atoms with Gasteiger partial charge in [0.25, 0.3) is 0 Å². The van der Waals surface area contributed by atoms with Crippen molar-refractivity contribution in [2.24, 2.45) is 5.41 Å². The van der Waals surface area contributed by atoms with Crippen molar-refractivity contribution < 1.29 is 0 Å². The van der Waals surface area contributed by atoms with Gasteiger partial charge in [0.05, 0.1) is 0 Å². The van der Waals surface area contributed by atoms with Crippen LogP contribution in [0.4, 0.5) is 0 Å². The number of hydrogen-bond donors (Lipinski definition) is 0. The molecule has 0 amide bonds. The Morgan fingerprint density at radius 3 is 2.50 bits per heavy atom. The van der Waals surface area contributed by atoms with Gasteiger partial charge in [-0.05, 0) is 63.5 Å².